The lowest BCUT2D eigenvalue weighted by Crippen LogP contribution is -2.48. The molecule has 33 heavy (non-hydrogen) atoms. The first-order valence-corrected chi connectivity index (χ1v) is 12.8. The van der Waals surface area contributed by atoms with Crippen LogP contribution in [0.25, 0.3) is 0 Å². The summed E-state index contributed by atoms with van der Waals surface area (Å²) in [5.41, 5.74) is 15.8. The highest BCUT2D eigenvalue weighted by atomic mass is 16.2. The number of nitrogens with zero attached hydrogens (tertiary/aromatic N) is 1. The SMILES string of the molecule is CCCCCCCCCCCCCCCC(=O)NCC(=O)N[C@@H](CCCN=C(N)N)C(N)=O. The Balaban J connectivity index is 3.68. The number of nitrogens with one attached hydrogen (secondary N) is 2. The van der Waals surface area contributed by atoms with Crippen molar-refractivity contribution in [2.75, 3.05) is 13.1 Å². The van der Waals surface area contributed by atoms with Gasteiger partial charge >= 0.3 is 0 Å². The lowest BCUT2D eigenvalue weighted by molar-refractivity contribution is -0.128. The van der Waals surface area contributed by atoms with Gasteiger partial charge in [-0.3, -0.25) is 19.4 Å². The molecule has 8 N–H and O–H groups in total. The van der Waals surface area contributed by atoms with Crippen LogP contribution in [0.1, 0.15) is 110 Å². The zero-order valence-corrected chi connectivity index (χ0v) is 20.7. The number of guanidine groups is 1. The van der Waals surface area contributed by atoms with Crippen molar-refractivity contribution in [1.29, 1.82) is 0 Å². The fourth-order valence-electron chi connectivity index (χ4n) is 3.61. The van der Waals surface area contributed by atoms with Crippen LogP contribution in [0.5, 0.6) is 0 Å². The Labute approximate surface area is 200 Å². The number of hydrogen-bond acceptors (Lipinski definition) is 4. The predicted octanol–water partition coefficient (Wildman–Crippen LogP) is 2.61. The van der Waals surface area contributed by atoms with Gasteiger partial charge in [-0.05, 0) is 19.3 Å². The van der Waals surface area contributed by atoms with Crippen molar-refractivity contribution in [3.05, 3.63) is 0 Å². The van der Waals surface area contributed by atoms with Gasteiger partial charge in [0.1, 0.15) is 6.04 Å². The number of aliphatic imine (C=N–C) groups is 1. The summed E-state index contributed by atoms with van der Waals surface area (Å²) in [6.45, 7) is 2.42. The third-order valence-corrected chi connectivity index (χ3v) is 5.58. The van der Waals surface area contributed by atoms with Crippen molar-refractivity contribution < 1.29 is 14.4 Å². The van der Waals surface area contributed by atoms with Crippen molar-refractivity contribution >= 4 is 23.7 Å². The Hall–Kier alpha value is -2.32. The lowest BCUT2D eigenvalue weighted by Gasteiger charge is -2.15. The molecule has 9 nitrogen and oxygen atoms in total. The molecule has 0 unspecified atom stereocenters. The fourth-order valence-corrected chi connectivity index (χ4v) is 3.61. The first-order valence-electron chi connectivity index (χ1n) is 12.8. The summed E-state index contributed by atoms with van der Waals surface area (Å²) in [4.78, 5) is 39.2. The number of nitrogens with two attached hydrogens (primary N) is 3. The second kappa shape index (κ2) is 21.5. The number of carbonyl (C=O) groups excluding carboxylic acids is 3. The molecule has 0 aromatic heterocycles. The van der Waals surface area contributed by atoms with Crippen molar-refractivity contribution in [1.82, 2.24) is 10.6 Å². The molecule has 192 valence electrons. The number of unbranched alkanes of at least 4 members (excludes halogenated alkanes) is 12. The van der Waals surface area contributed by atoms with Crippen LogP contribution in [0.2, 0.25) is 0 Å². The van der Waals surface area contributed by atoms with Crippen LogP contribution in [0.4, 0.5) is 0 Å². The fraction of sp³-hybridized carbons (Fsp3) is 0.833. The van der Waals surface area contributed by atoms with E-state index in [-0.39, 0.29) is 18.4 Å². The number of rotatable bonds is 22. The van der Waals surface area contributed by atoms with E-state index >= 15 is 0 Å². The summed E-state index contributed by atoms with van der Waals surface area (Å²) >= 11 is 0. The van der Waals surface area contributed by atoms with Crippen LogP contribution in [-0.2, 0) is 14.4 Å². The molecule has 1 atom stereocenters. The second-order valence-corrected chi connectivity index (χ2v) is 8.74. The molecule has 0 aromatic carbocycles. The molecule has 0 aliphatic rings. The number of amides is 3. The number of carbonyl (C=O) groups is 3. The number of primary amides is 1. The van der Waals surface area contributed by atoms with E-state index in [0.29, 0.717) is 25.8 Å². The smallest absolute Gasteiger partial charge is 0.240 e. The van der Waals surface area contributed by atoms with Crippen LogP contribution in [-0.4, -0.2) is 42.8 Å². The molecule has 9 heteroatoms. The van der Waals surface area contributed by atoms with Crippen molar-refractivity contribution in [3.63, 3.8) is 0 Å². The van der Waals surface area contributed by atoms with Crippen LogP contribution in [0.15, 0.2) is 4.99 Å². The lowest BCUT2D eigenvalue weighted by atomic mass is 10.0. The van der Waals surface area contributed by atoms with E-state index in [4.69, 9.17) is 17.2 Å². The van der Waals surface area contributed by atoms with E-state index in [1.54, 1.807) is 0 Å². The van der Waals surface area contributed by atoms with Gasteiger partial charge in [0.15, 0.2) is 5.96 Å². The highest BCUT2D eigenvalue weighted by molar-refractivity contribution is 5.89. The van der Waals surface area contributed by atoms with Gasteiger partial charge in [-0.1, -0.05) is 84.0 Å². The van der Waals surface area contributed by atoms with E-state index in [9.17, 15) is 14.4 Å². The highest BCUT2D eigenvalue weighted by Gasteiger charge is 2.17. The Bertz CT molecular complexity index is 564. The first-order chi connectivity index (χ1) is 15.9. The Morgan fingerprint density at radius 2 is 1.24 bits per heavy atom. The predicted molar refractivity (Wildman–Crippen MR) is 134 cm³/mol. The van der Waals surface area contributed by atoms with E-state index in [0.717, 1.165) is 19.3 Å². The van der Waals surface area contributed by atoms with Gasteiger partial charge < -0.3 is 27.8 Å². The summed E-state index contributed by atoms with van der Waals surface area (Å²) in [6, 6.07) is -0.815. The minimum atomic E-state index is -0.815. The van der Waals surface area contributed by atoms with Gasteiger partial charge in [0, 0.05) is 13.0 Å². The van der Waals surface area contributed by atoms with Gasteiger partial charge in [-0.15, -0.1) is 0 Å². The maximum absolute atomic E-state index is 12.0. The van der Waals surface area contributed by atoms with Crippen LogP contribution in [0.3, 0.4) is 0 Å². The van der Waals surface area contributed by atoms with E-state index in [2.05, 4.69) is 22.5 Å². The van der Waals surface area contributed by atoms with E-state index in [1.165, 1.54) is 64.2 Å². The molecule has 0 bridgehead atoms. The molecule has 0 radical (unpaired) electrons. The summed E-state index contributed by atoms with van der Waals surface area (Å²) in [5.74, 6) is -1.26. The van der Waals surface area contributed by atoms with Gasteiger partial charge in [0.25, 0.3) is 0 Å². The zero-order chi connectivity index (χ0) is 24.7. The molecule has 0 saturated carbocycles. The molecule has 0 spiro atoms. The topological polar surface area (TPSA) is 166 Å². The molecule has 0 saturated heterocycles. The third kappa shape index (κ3) is 21.3. The Kier molecular flexibility index (Phi) is 20.0. The molecular weight excluding hydrogens is 420 g/mol. The number of hydrogen-bond donors (Lipinski definition) is 5. The quantitative estimate of drug-likeness (QED) is 0.0934. The minimum Gasteiger partial charge on any atom is -0.370 e. The van der Waals surface area contributed by atoms with Crippen LogP contribution >= 0.6 is 0 Å². The second-order valence-electron chi connectivity index (χ2n) is 8.74. The minimum absolute atomic E-state index is 0.0270. The summed E-state index contributed by atoms with van der Waals surface area (Å²) in [5, 5.41) is 5.13. The van der Waals surface area contributed by atoms with Crippen molar-refractivity contribution in [2.45, 2.75) is 116 Å². The molecule has 0 rings (SSSR count). The molecule has 0 aliphatic heterocycles. The monoisotopic (exact) mass is 468 g/mol. The largest absolute Gasteiger partial charge is 0.370 e. The first kappa shape index (κ1) is 30.7. The van der Waals surface area contributed by atoms with Crippen molar-refractivity contribution in [3.8, 4) is 0 Å². The van der Waals surface area contributed by atoms with Crippen LogP contribution in [0, 0.1) is 0 Å². The van der Waals surface area contributed by atoms with E-state index in [1.807, 2.05) is 0 Å². The van der Waals surface area contributed by atoms with Gasteiger partial charge in [-0.25, -0.2) is 0 Å². The zero-order valence-electron chi connectivity index (χ0n) is 20.7. The highest BCUT2D eigenvalue weighted by Crippen LogP contribution is 2.12. The Morgan fingerprint density at radius 1 is 0.727 bits per heavy atom. The molecular formula is C24H48N6O3. The van der Waals surface area contributed by atoms with Gasteiger partial charge in [-0.2, -0.15) is 0 Å². The van der Waals surface area contributed by atoms with Gasteiger partial charge in [0.2, 0.25) is 17.7 Å². The molecule has 0 heterocycles. The van der Waals surface area contributed by atoms with Crippen molar-refractivity contribution in [2.24, 2.45) is 22.2 Å². The summed E-state index contributed by atoms with van der Waals surface area (Å²) in [6.07, 6.45) is 17.5. The van der Waals surface area contributed by atoms with Gasteiger partial charge in [0.05, 0.1) is 6.54 Å². The summed E-state index contributed by atoms with van der Waals surface area (Å²) < 4.78 is 0. The molecule has 0 aromatic rings. The molecule has 0 aliphatic carbocycles. The maximum atomic E-state index is 12.0. The Morgan fingerprint density at radius 3 is 1.73 bits per heavy atom. The standard InChI is InChI=1S/C24H48N6O3/c1-2-3-4-5-6-7-8-9-10-11-12-13-14-17-21(31)29-19-22(32)30-20(23(25)33)16-15-18-28-24(26)27/h20H,2-19H2,1H3,(H2,25,33)(H,29,31)(H,30,32)(H4,26,27,28)/t20-/m0/s1. The average molecular weight is 469 g/mol. The normalized spacial score (nSPS) is 11.5. The van der Waals surface area contributed by atoms with Crippen LogP contribution < -0.4 is 27.8 Å². The third-order valence-electron chi connectivity index (χ3n) is 5.58. The summed E-state index contributed by atoms with van der Waals surface area (Å²) in [7, 11) is 0. The maximum Gasteiger partial charge on any atom is 0.240 e. The molecule has 0 fully saturated rings. The van der Waals surface area contributed by atoms with E-state index < -0.39 is 17.9 Å². The molecule has 3 amide bonds. The average Bonchev–Trinajstić information content (AvgIpc) is 2.77.